The van der Waals surface area contributed by atoms with Crippen LogP contribution in [0.15, 0.2) is 0 Å². The standard InChI is InChI=1S/C14H24N2O3/c1-2-10-19-11-4-7-15-9-6-13(17)16-8-3-5-12(16)14(15)18/h12H,2-11H2,1H3. The zero-order chi connectivity index (χ0) is 13.7. The van der Waals surface area contributed by atoms with Crippen LogP contribution in [0.2, 0.25) is 0 Å². The molecule has 0 saturated carbocycles. The molecule has 0 spiro atoms. The molecule has 2 heterocycles. The van der Waals surface area contributed by atoms with Gasteiger partial charge in [-0.15, -0.1) is 0 Å². The molecule has 108 valence electrons. The van der Waals surface area contributed by atoms with Crippen molar-refractivity contribution < 1.29 is 14.3 Å². The fourth-order valence-electron chi connectivity index (χ4n) is 2.84. The molecule has 2 rings (SSSR count). The van der Waals surface area contributed by atoms with Crippen LogP contribution in [-0.4, -0.2) is 60.5 Å². The molecule has 0 aliphatic carbocycles. The lowest BCUT2D eigenvalue weighted by molar-refractivity contribution is -0.139. The Bertz CT molecular complexity index is 333. The van der Waals surface area contributed by atoms with Gasteiger partial charge < -0.3 is 14.5 Å². The van der Waals surface area contributed by atoms with Crippen molar-refractivity contribution >= 4 is 11.8 Å². The van der Waals surface area contributed by atoms with Gasteiger partial charge in [0, 0.05) is 39.3 Å². The summed E-state index contributed by atoms with van der Waals surface area (Å²) in [6.07, 6.45) is 4.13. The van der Waals surface area contributed by atoms with E-state index in [2.05, 4.69) is 6.92 Å². The Morgan fingerprint density at radius 1 is 1.26 bits per heavy atom. The number of rotatable bonds is 6. The smallest absolute Gasteiger partial charge is 0.245 e. The van der Waals surface area contributed by atoms with Crippen LogP contribution in [0.1, 0.15) is 39.0 Å². The van der Waals surface area contributed by atoms with Crippen molar-refractivity contribution in [2.24, 2.45) is 0 Å². The van der Waals surface area contributed by atoms with Crippen LogP contribution in [0, 0.1) is 0 Å². The van der Waals surface area contributed by atoms with Crippen LogP contribution in [0.4, 0.5) is 0 Å². The molecule has 0 aromatic rings. The molecule has 1 unspecified atom stereocenters. The topological polar surface area (TPSA) is 49.9 Å². The number of fused-ring (bicyclic) bond motifs is 1. The molecule has 5 heteroatoms. The van der Waals surface area contributed by atoms with Crippen LogP contribution in [0.5, 0.6) is 0 Å². The number of ether oxygens (including phenoxy) is 1. The number of hydrogen-bond donors (Lipinski definition) is 0. The summed E-state index contributed by atoms with van der Waals surface area (Å²) >= 11 is 0. The van der Waals surface area contributed by atoms with Crippen molar-refractivity contribution in [2.45, 2.75) is 45.1 Å². The summed E-state index contributed by atoms with van der Waals surface area (Å²) in [5, 5.41) is 0. The molecule has 2 fully saturated rings. The molecule has 2 saturated heterocycles. The number of amides is 2. The Morgan fingerprint density at radius 2 is 2.11 bits per heavy atom. The molecule has 0 aromatic carbocycles. The Kier molecular flexibility index (Phi) is 5.19. The van der Waals surface area contributed by atoms with Gasteiger partial charge >= 0.3 is 0 Å². The van der Waals surface area contributed by atoms with Gasteiger partial charge in [-0.25, -0.2) is 0 Å². The van der Waals surface area contributed by atoms with Crippen LogP contribution in [0.25, 0.3) is 0 Å². The predicted molar refractivity (Wildman–Crippen MR) is 71.7 cm³/mol. The van der Waals surface area contributed by atoms with Crippen LogP contribution < -0.4 is 0 Å². The van der Waals surface area contributed by atoms with Gasteiger partial charge in [-0.05, 0) is 25.7 Å². The first-order chi connectivity index (χ1) is 9.24. The van der Waals surface area contributed by atoms with Gasteiger partial charge in [0.1, 0.15) is 6.04 Å². The van der Waals surface area contributed by atoms with Gasteiger partial charge in [0.05, 0.1) is 0 Å². The second-order valence-electron chi connectivity index (χ2n) is 5.29. The average molecular weight is 268 g/mol. The highest BCUT2D eigenvalue weighted by Gasteiger charge is 2.38. The molecule has 19 heavy (non-hydrogen) atoms. The number of nitrogens with zero attached hydrogens (tertiary/aromatic N) is 2. The summed E-state index contributed by atoms with van der Waals surface area (Å²) < 4.78 is 5.43. The van der Waals surface area contributed by atoms with Crippen molar-refractivity contribution in [3.8, 4) is 0 Å². The Hall–Kier alpha value is -1.10. The summed E-state index contributed by atoms with van der Waals surface area (Å²) in [5.74, 6) is 0.277. The van der Waals surface area contributed by atoms with Crippen molar-refractivity contribution in [2.75, 3.05) is 32.8 Å². The van der Waals surface area contributed by atoms with Crippen molar-refractivity contribution in [1.29, 1.82) is 0 Å². The summed E-state index contributed by atoms with van der Waals surface area (Å²) in [6, 6.07) is -0.188. The van der Waals surface area contributed by atoms with Gasteiger partial charge in [-0.3, -0.25) is 9.59 Å². The molecule has 2 amide bonds. The van der Waals surface area contributed by atoms with E-state index in [1.807, 2.05) is 4.90 Å². The largest absolute Gasteiger partial charge is 0.381 e. The molecule has 2 aliphatic rings. The lowest BCUT2D eigenvalue weighted by Gasteiger charge is -2.25. The molecule has 0 bridgehead atoms. The maximum atomic E-state index is 12.4. The molecule has 2 aliphatic heterocycles. The van der Waals surface area contributed by atoms with Gasteiger partial charge in [-0.1, -0.05) is 6.92 Å². The quantitative estimate of drug-likeness (QED) is 0.676. The highest BCUT2D eigenvalue weighted by Crippen LogP contribution is 2.23. The number of carbonyl (C=O) groups excluding carboxylic acids is 2. The van der Waals surface area contributed by atoms with Crippen LogP contribution in [0.3, 0.4) is 0 Å². The van der Waals surface area contributed by atoms with E-state index < -0.39 is 0 Å². The molecular formula is C14H24N2O3. The average Bonchev–Trinajstić information content (AvgIpc) is 2.86. The van der Waals surface area contributed by atoms with Crippen molar-refractivity contribution in [3.63, 3.8) is 0 Å². The molecule has 1 atom stereocenters. The van der Waals surface area contributed by atoms with Gasteiger partial charge in [0.15, 0.2) is 0 Å². The normalized spacial score (nSPS) is 23.7. The maximum absolute atomic E-state index is 12.4. The predicted octanol–water partition coefficient (Wildman–Crippen LogP) is 1.03. The third-order valence-corrected chi connectivity index (χ3v) is 3.83. The van der Waals surface area contributed by atoms with E-state index >= 15 is 0 Å². The fourth-order valence-corrected chi connectivity index (χ4v) is 2.84. The van der Waals surface area contributed by atoms with Crippen molar-refractivity contribution in [1.82, 2.24) is 9.80 Å². The van der Waals surface area contributed by atoms with Gasteiger partial charge in [0.2, 0.25) is 11.8 Å². The van der Waals surface area contributed by atoms with E-state index in [-0.39, 0.29) is 17.9 Å². The summed E-state index contributed by atoms with van der Waals surface area (Å²) in [7, 11) is 0. The molecule has 0 N–H and O–H groups in total. The van der Waals surface area contributed by atoms with E-state index in [0.29, 0.717) is 26.1 Å². The van der Waals surface area contributed by atoms with Gasteiger partial charge in [-0.2, -0.15) is 0 Å². The zero-order valence-electron chi connectivity index (χ0n) is 11.8. The van der Waals surface area contributed by atoms with Crippen LogP contribution in [-0.2, 0) is 14.3 Å². The fraction of sp³-hybridized carbons (Fsp3) is 0.857. The van der Waals surface area contributed by atoms with E-state index in [9.17, 15) is 9.59 Å². The molecule has 0 aromatic heterocycles. The first-order valence-electron chi connectivity index (χ1n) is 7.40. The summed E-state index contributed by atoms with van der Waals surface area (Å²) in [6.45, 7) is 5.59. The second kappa shape index (κ2) is 6.89. The minimum atomic E-state index is -0.188. The SMILES string of the molecule is CCCOCCCN1CCC(=O)N2CCCC2C1=O. The monoisotopic (exact) mass is 268 g/mol. The van der Waals surface area contributed by atoms with E-state index in [4.69, 9.17) is 4.74 Å². The van der Waals surface area contributed by atoms with Crippen molar-refractivity contribution in [3.05, 3.63) is 0 Å². The maximum Gasteiger partial charge on any atom is 0.245 e. The Labute approximate surface area is 114 Å². The molecule has 0 radical (unpaired) electrons. The van der Waals surface area contributed by atoms with E-state index in [1.54, 1.807) is 4.90 Å². The molecular weight excluding hydrogens is 244 g/mol. The highest BCUT2D eigenvalue weighted by atomic mass is 16.5. The first-order valence-corrected chi connectivity index (χ1v) is 7.40. The minimum Gasteiger partial charge on any atom is -0.381 e. The Balaban J connectivity index is 1.83. The minimum absolute atomic E-state index is 0.138. The Morgan fingerprint density at radius 3 is 2.89 bits per heavy atom. The zero-order valence-corrected chi connectivity index (χ0v) is 11.8. The second-order valence-corrected chi connectivity index (χ2v) is 5.29. The van der Waals surface area contributed by atoms with Crippen LogP contribution >= 0.6 is 0 Å². The third-order valence-electron chi connectivity index (χ3n) is 3.83. The lowest BCUT2D eigenvalue weighted by Crippen LogP contribution is -2.44. The summed E-state index contributed by atoms with van der Waals surface area (Å²) in [5.41, 5.74) is 0. The van der Waals surface area contributed by atoms with Gasteiger partial charge in [0.25, 0.3) is 0 Å². The number of hydrogen-bond acceptors (Lipinski definition) is 3. The van der Waals surface area contributed by atoms with E-state index in [0.717, 1.165) is 38.8 Å². The molecule has 5 nitrogen and oxygen atoms in total. The number of carbonyl (C=O) groups is 2. The summed E-state index contributed by atoms with van der Waals surface area (Å²) in [4.78, 5) is 27.9. The van der Waals surface area contributed by atoms with E-state index in [1.165, 1.54) is 0 Å². The highest BCUT2D eigenvalue weighted by molar-refractivity contribution is 5.90. The third kappa shape index (κ3) is 3.47. The first kappa shape index (κ1) is 14.3. The lowest BCUT2D eigenvalue weighted by atomic mass is 10.2.